The third kappa shape index (κ3) is 4.35. The molecular formula is C13H19ClN4O. The summed E-state index contributed by atoms with van der Waals surface area (Å²) >= 11 is 5.57. The zero-order valence-corrected chi connectivity index (χ0v) is 11.6. The lowest BCUT2D eigenvalue weighted by Gasteiger charge is -2.32. The van der Waals surface area contributed by atoms with E-state index in [0.717, 1.165) is 38.3 Å². The molecule has 5 nitrogen and oxygen atoms in total. The molecule has 1 saturated heterocycles. The van der Waals surface area contributed by atoms with Gasteiger partial charge in [-0.3, -0.25) is 4.79 Å². The third-order valence-electron chi connectivity index (χ3n) is 3.23. The van der Waals surface area contributed by atoms with Crippen molar-refractivity contribution in [2.24, 2.45) is 0 Å². The van der Waals surface area contributed by atoms with E-state index in [1.807, 2.05) is 6.07 Å². The van der Waals surface area contributed by atoms with Gasteiger partial charge in [0.05, 0.1) is 0 Å². The van der Waals surface area contributed by atoms with Gasteiger partial charge in [-0.1, -0.05) is 0 Å². The highest BCUT2D eigenvalue weighted by atomic mass is 35.5. The van der Waals surface area contributed by atoms with E-state index in [2.05, 4.69) is 20.2 Å². The molecule has 1 N–H and O–H groups in total. The quantitative estimate of drug-likeness (QED) is 0.833. The first-order chi connectivity index (χ1) is 9.29. The number of hydrogen-bond donors (Lipinski definition) is 1. The van der Waals surface area contributed by atoms with Crippen LogP contribution in [0, 0.1) is 0 Å². The summed E-state index contributed by atoms with van der Waals surface area (Å²) in [5.74, 6) is 1.42. The van der Waals surface area contributed by atoms with Crippen molar-refractivity contribution in [2.75, 3.05) is 23.9 Å². The van der Waals surface area contributed by atoms with E-state index in [1.165, 1.54) is 0 Å². The SMILES string of the molecule is O=C(CCCCl)NC1CCN(c2ncccn2)CC1. The Labute approximate surface area is 118 Å². The summed E-state index contributed by atoms with van der Waals surface area (Å²) in [7, 11) is 0. The molecule has 0 spiro atoms. The number of halogens is 1. The number of rotatable bonds is 5. The van der Waals surface area contributed by atoms with Crippen LogP contribution in [0.5, 0.6) is 0 Å². The second kappa shape index (κ2) is 7.28. The van der Waals surface area contributed by atoms with Crippen molar-refractivity contribution in [1.29, 1.82) is 0 Å². The van der Waals surface area contributed by atoms with Crippen LogP contribution in [0.2, 0.25) is 0 Å². The number of alkyl halides is 1. The molecule has 0 aliphatic carbocycles. The van der Waals surface area contributed by atoms with E-state index >= 15 is 0 Å². The van der Waals surface area contributed by atoms with Gasteiger partial charge >= 0.3 is 0 Å². The molecule has 0 bridgehead atoms. The van der Waals surface area contributed by atoms with E-state index < -0.39 is 0 Å². The molecule has 0 unspecified atom stereocenters. The Kier molecular flexibility index (Phi) is 5.39. The Bertz CT molecular complexity index is 393. The van der Waals surface area contributed by atoms with Crippen LogP contribution in [-0.4, -0.2) is 40.9 Å². The van der Waals surface area contributed by atoms with E-state index in [9.17, 15) is 4.79 Å². The minimum absolute atomic E-state index is 0.107. The number of aromatic nitrogens is 2. The van der Waals surface area contributed by atoms with Gasteiger partial charge in [-0.15, -0.1) is 11.6 Å². The van der Waals surface area contributed by atoms with Crippen molar-refractivity contribution in [1.82, 2.24) is 15.3 Å². The van der Waals surface area contributed by atoms with Crippen LogP contribution in [0.25, 0.3) is 0 Å². The van der Waals surface area contributed by atoms with E-state index in [0.29, 0.717) is 12.3 Å². The first-order valence-corrected chi connectivity index (χ1v) is 7.20. The smallest absolute Gasteiger partial charge is 0.225 e. The Hall–Kier alpha value is -1.36. The number of carbonyl (C=O) groups excluding carboxylic acids is 1. The molecule has 1 aromatic rings. The molecule has 0 saturated carbocycles. The zero-order chi connectivity index (χ0) is 13.5. The Balaban J connectivity index is 1.75. The molecule has 6 heteroatoms. The van der Waals surface area contributed by atoms with Gasteiger partial charge in [0.1, 0.15) is 0 Å². The fraction of sp³-hybridized carbons (Fsp3) is 0.615. The zero-order valence-electron chi connectivity index (χ0n) is 10.9. The molecule has 2 heterocycles. The van der Waals surface area contributed by atoms with Crippen LogP contribution in [0.15, 0.2) is 18.5 Å². The summed E-state index contributed by atoms with van der Waals surface area (Å²) in [6, 6.07) is 2.08. The van der Waals surface area contributed by atoms with Gasteiger partial charge in [-0.2, -0.15) is 0 Å². The van der Waals surface area contributed by atoms with Crippen molar-refractivity contribution in [3.05, 3.63) is 18.5 Å². The summed E-state index contributed by atoms with van der Waals surface area (Å²) in [4.78, 5) is 22.3. The molecular weight excluding hydrogens is 264 g/mol. The van der Waals surface area contributed by atoms with Gasteiger partial charge in [0.2, 0.25) is 11.9 Å². The molecule has 1 amide bonds. The van der Waals surface area contributed by atoms with Crippen LogP contribution in [0.1, 0.15) is 25.7 Å². The predicted octanol–water partition coefficient (Wildman–Crippen LogP) is 1.58. The van der Waals surface area contributed by atoms with Gasteiger partial charge in [0, 0.05) is 43.8 Å². The topological polar surface area (TPSA) is 58.1 Å². The summed E-state index contributed by atoms with van der Waals surface area (Å²) in [5, 5.41) is 3.06. The summed E-state index contributed by atoms with van der Waals surface area (Å²) in [6.07, 6.45) is 6.63. The van der Waals surface area contributed by atoms with Gasteiger partial charge in [-0.25, -0.2) is 9.97 Å². The highest BCUT2D eigenvalue weighted by Gasteiger charge is 2.21. The third-order valence-corrected chi connectivity index (χ3v) is 3.50. The normalized spacial score (nSPS) is 16.4. The van der Waals surface area contributed by atoms with Crippen LogP contribution >= 0.6 is 11.6 Å². The molecule has 1 aromatic heterocycles. The van der Waals surface area contributed by atoms with Crippen LogP contribution in [-0.2, 0) is 4.79 Å². The maximum absolute atomic E-state index is 11.6. The van der Waals surface area contributed by atoms with Gasteiger partial charge in [0.15, 0.2) is 0 Å². The van der Waals surface area contributed by atoms with E-state index in [4.69, 9.17) is 11.6 Å². The van der Waals surface area contributed by atoms with Crippen molar-refractivity contribution in [3.63, 3.8) is 0 Å². The molecule has 1 aliphatic rings. The van der Waals surface area contributed by atoms with E-state index in [-0.39, 0.29) is 11.9 Å². The number of nitrogens with one attached hydrogen (secondary N) is 1. The van der Waals surface area contributed by atoms with Crippen molar-refractivity contribution < 1.29 is 4.79 Å². The fourth-order valence-corrected chi connectivity index (χ4v) is 2.34. The molecule has 19 heavy (non-hydrogen) atoms. The number of piperidine rings is 1. The monoisotopic (exact) mass is 282 g/mol. The maximum Gasteiger partial charge on any atom is 0.225 e. The lowest BCUT2D eigenvalue weighted by atomic mass is 10.1. The fourth-order valence-electron chi connectivity index (χ4n) is 2.21. The molecule has 0 atom stereocenters. The van der Waals surface area contributed by atoms with Gasteiger partial charge in [0.25, 0.3) is 0 Å². The molecule has 104 valence electrons. The highest BCUT2D eigenvalue weighted by molar-refractivity contribution is 6.17. The van der Waals surface area contributed by atoms with Crippen LogP contribution < -0.4 is 10.2 Å². The van der Waals surface area contributed by atoms with Gasteiger partial charge < -0.3 is 10.2 Å². The average Bonchev–Trinajstić information content (AvgIpc) is 2.47. The lowest BCUT2D eigenvalue weighted by molar-refractivity contribution is -0.121. The average molecular weight is 283 g/mol. The standard InChI is InChI=1S/C13H19ClN4O/c14-6-1-3-12(19)17-11-4-9-18(10-5-11)13-15-7-2-8-16-13/h2,7-8,11H,1,3-6,9-10H2,(H,17,19). The lowest BCUT2D eigenvalue weighted by Crippen LogP contribution is -2.45. The number of amides is 1. The van der Waals surface area contributed by atoms with Crippen LogP contribution in [0.4, 0.5) is 5.95 Å². The number of anilines is 1. The molecule has 0 radical (unpaired) electrons. The Morgan fingerprint density at radius 1 is 1.37 bits per heavy atom. The van der Waals surface area contributed by atoms with Crippen molar-refractivity contribution >= 4 is 23.5 Å². The first-order valence-electron chi connectivity index (χ1n) is 6.67. The van der Waals surface area contributed by atoms with Gasteiger partial charge in [-0.05, 0) is 25.3 Å². The second-order valence-corrected chi connectivity index (χ2v) is 5.05. The second-order valence-electron chi connectivity index (χ2n) is 4.67. The Morgan fingerprint density at radius 3 is 2.68 bits per heavy atom. The molecule has 0 aromatic carbocycles. The maximum atomic E-state index is 11.6. The summed E-state index contributed by atoms with van der Waals surface area (Å²) in [5.41, 5.74) is 0. The highest BCUT2D eigenvalue weighted by Crippen LogP contribution is 2.15. The molecule has 1 aliphatic heterocycles. The van der Waals surface area contributed by atoms with Crippen LogP contribution in [0.3, 0.4) is 0 Å². The summed E-state index contributed by atoms with van der Waals surface area (Å²) in [6.45, 7) is 1.76. The number of carbonyl (C=O) groups is 1. The van der Waals surface area contributed by atoms with E-state index in [1.54, 1.807) is 12.4 Å². The Morgan fingerprint density at radius 2 is 2.05 bits per heavy atom. The largest absolute Gasteiger partial charge is 0.353 e. The molecule has 2 rings (SSSR count). The predicted molar refractivity (Wildman–Crippen MR) is 75.4 cm³/mol. The van der Waals surface area contributed by atoms with Crippen molar-refractivity contribution in [2.45, 2.75) is 31.7 Å². The number of nitrogens with zero attached hydrogens (tertiary/aromatic N) is 3. The molecule has 1 fully saturated rings. The minimum Gasteiger partial charge on any atom is -0.353 e. The van der Waals surface area contributed by atoms with Crippen molar-refractivity contribution in [3.8, 4) is 0 Å². The first kappa shape index (κ1) is 14.1. The number of hydrogen-bond acceptors (Lipinski definition) is 4. The minimum atomic E-state index is 0.107. The summed E-state index contributed by atoms with van der Waals surface area (Å²) < 4.78 is 0.